The Hall–Kier alpha value is -3.49. The van der Waals surface area contributed by atoms with Crippen molar-refractivity contribution in [3.05, 3.63) is 47.8 Å². The van der Waals surface area contributed by atoms with Crippen molar-refractivity contribution in [2.24, 2.45) is 0 Å². The number of hydrogen-bond donors (Lipinski definition) is 1. The largest absolute Gasteiger partial charge is 0.470 e. The Morgan fingerprint density at radius 1 is 1.15 bits per heavy atom. The number of amides is 4. The maximum absolute atomic E-state index is 12.9. The minimum atomic E-state index is -1.00. The third kappa shape index (κ3) is 2.53. The van der Waals surface area contributed by atoms with Gasteiger partial charge in [0.1, 0.15) is 11.8 Å². The van der Waals surface area contributed by atoms with Gasteiger partial charge >= 0.3 is 0 Å². The predicted octanol–water partition coefficient (Wildman–Crippen LogP) is 0.321. The molecule has 3 heterocycles. The maximum Gasteiger partial charge on any atom is 0.266 e. The molecule has 9 nitrogen and oxygen atoms in total. The molecule has 1 atom stereocenters. The average Bonchev–Trinajstić information content (AvgIpc) is 3.22. The van der Waals surface area contributed by atoms with Crippen LogP contribution in [0.5, 0.6) is 5.75 Å². The zero-order chi connectivity index (χ0) is 18.3. The zero-order valence-corrected chi connectivity index (χ0v) is 13.5. The number of nitrogens with zero attached hydrogens (tertiary/aromatic N) is 3. The van der Waals surface area contributed by atoms with E-state index in [1.165, 1.54) is 10.7 Å². The molecule has 9 heteroatoms. The van der Waals surface area contributed by atoms with E-state index >= 15 is 0 Å². The van der Waals surface area contributed by atoms with Crippen LogP contribution < -0.4 is 10.1 Å². The van der Waals surface area contributed by atoms with Crippen LogP contribution in [0.15, 0.2) is 36.7 Å². The number of piperidine rings is 1. The van der Waals surface area contributed by atoms with Crippen molar-refractivity contribution in [2.75, 3.05) is 0 Å². The van der Waals surface area contributed by atoms with Crippen LogP contribution in [0, 0.1) is 0 Å². The van der Waals surface area contributed by atoms with Gasteiger partial charge in [-0.05, 0) is 24.6 Å². The Morgan fingerprint density at radius 3 is 2.73 bits per heavy atom. The molecular formula is C17H14N4O5. The van der Waals surface area contributed by atoms with Crippen molar-refractivity contribution in [1.29, 1.82) is 0 Å². The molecule has 1 N–H and O–H groups in total. The lowest BCUT2D eigenvalue weighted by molar-refractivity contribution is -0.136. The molecule has 0 saturated carbocycles. The van der Waals surface area contributed by atoms with E-state index in [1.54, 1.807) is 30.6 Å². The van der Waals surface area contributed by atoms with Gasteiger partial charge < -0.3 is 4.74 Å². The van der Waals surface area contributed by atoms with E-state index in [0.29, 0.717) is 0 Å². The number of ether oxygens (including phenoxy) is 1. The minimum absolute atomic E-state index is 0.0728. The first-order chi connectivity index (χ1) is 12.6. The summed E-state index contributed by atoms with van der Waals surface area (Å²) in [6.07, 6.45) is 3.48. The summed E-state index contributed by atoms with van der Waals surface area (Å²) < 4.78 is 7.16. The number of carbonyl (C=O) groups is 4. The number of hydrogen-bond acceptors (Lipinski definition) is 6. The number of imide groups is 2. The normalized spacial score (nSPS) is 19.5. The highest BCUT2D eigenvalue weighted by atomic mass is 16.5. The smallest absolute Gasteiger partial charge is 0.266 e. The summed E-state index contributed by atoms with van der Waals surface area (Å²) >= 11 is 0. The van der Waals surface area contributed by atoms with Crippen molar-refractivity contribution in [3.8, 4) is 5.75 Å². The number of benzene rings is 1. The van der Waals surface area contributed by atoms with Gasteiger partial charge in [-0.25, -0.2) is 4.68 Å². The molecule has 0 spiro atoms. The monoisotopic (exact) mass is 354 g/mol. The van der Waals surface area contributed by atoms with Gasteiger partial charge in [0.25, 0.3) is 11.8 Å². The predicted molar refractivity (Wildman–Crippen MR) is 86.0 cm³/mol. The van der Waals surface area contributed by atoms with Crippen LogP contribution in [0.1, 0.15) is 33.6 Å². The van der Waals surface area contributed by atoms with Crippen molar-refractivity contribution in [3.63, 3.8) is 0 Å². The first-order valence-electron chi connectivity index (χ1n) is 8.01. The van der Waals surface area contributed by atoms with Crippen LogP contribution >= 0.6 is 0 Å². The first-order valence-corrected chi connectivity index (χ1v) is 8.01. The lowest BCUT2D eigenvalue weighted by atomic mass is 10.0. The maximum atomic E-state index is 12.9. The van der Waals surface area contributed by atoms with Gasteiger partial charge in [-0.1, -0.05) is 6.07 Å². The van der Waals surface area contributed by atoms with E-state index < -0.39 is 29.7 Å². The summed E-state index contributed by atoms with van der Waals surface area (Å²) in [6, 6.07) is 5.44. The molecule has 1 aromatic carbocycles. The Bertz CT molecular complexity index is 921. The molecule has 1 unspecified atom stereocenters. The van der Waals surface area contributed by atoms with Gasteiger partial charge in [-0.15, -0.1) is 0 Å². The van der Waals surface area contributed by atoms with Crippen LogP contribution in [0.4, 0.5) is 0 Å². The molecule has 0 bridgehead atoms. The second kappa shape index (κ2) is 6.10. The number of rotatable bonds is 4. The highest BCUT2D eigenvalue weighted by Crippen LogP contribution is 2.33. The third-order valence-corrected chi connectivity index (χ3v) is 4.34. The highest BCUT2D eigenvalue weighted by molar-refractivity contribution is 6.24. The number of carbonyl (C=O) groups excluding carboxylic acids is 4. The standard InChI is InChI=1S/C17H14N4O5/c22-13-6-5-11(15(23)19-13)21-16(24)10-3-1-4-12(14(10)17(21)25)26-9-20-8-2-7-18-20/h1-4,7-8,11H,5-6,9H2,(H,19,22,23). The van der Waals surface area contributed by atoms with Crippen LogP contribution in [-0.4, -0.2) is 44.4 Å². The van der Waals surface area contributed by atoms with E-state index in [4.69, 9.17) is 4.74 Å². The molecule has 4 amide bonds. The topological polar surface area (TPSA) is 111 Å². The van der Waals surface area contributed by atoms with E-state index in [0.717, 1.165) is 4.90 Å². The summed E-state index contributed by atoms with van der Waals surface area (Å²) in [4.78, 5) is 49.8. The van der Waals surface area contributed by atoms with Gasteiger partial charge in [0.2, 0.25) is 11.8 Å². The lowest BCUT2D eigenvalue weighted by Crippen LogP contribution is -2.54. The summed E-state index contributed by atoms with van der Waals surface area (Å²) in [6.45, 7) is 0.0728. The van der Waals surface area contributed by atoms with Gasteiger partial charge in [0.15, 0.2) is 6.73 Å². The van der Waals surface area contributed by atoms with Crippen LogP contribution in [0.25, 0.3) is 0 Å². The van der Waals surface area contributed by atoms with Gasteiger partial charge in [0, 0.05) is 18.8 Å². The average molecular weight is 354 g/mol. The molecule has 4 rings (SSSR count). The molecular weight excluding hydrogens is 340 g/mol. The first kappa shape index (κ1) is 16.0. The van der Waals surface area contributed by atoms with E-state index in [2.05, 4.69) is 10.4 Å². The van der Waals surface area contributed by atoms with Crippen LogP contribution in [0.3, 0.4) is 0 Å². The van der Waals surface area contributed by atoms with E-state index in [9.17, 15) is 19.2 Å². The fraction of sp³-hybridized carbons (Fsp3) is 0.235. The Labute approximate surface area is 147 Å². The van der Waals surface area contributed by atoms with Crippen molar-refractivity contribution >= 4 is 23.6 Å². The quantitative estimate of drug-likeness (QED) is 0.792. The molecule has 1 aromatic heterocycles. The molecule has 1 saturated heterocycles. The summed E-state index contributed by atoms with van der Waals surface area (Å²) in [5, 5.41) is 6.17. The summed E-state index contributed by atoms with van der Waals surface area (Å²) in [5.74, 6) is -1.98. The van der Waals surface area contributed by atoms with Crippen molar-refractivity contribution < 1.29 is 23.9 Å². The second-order valence-corrected chi connectivity index (χ2v) is 5.94. The zero-order valence-electron chi connectivity index (χ0n) is 13.5. The molecule has 1 fully saturated rings. The summed E-state index contributed by atoms with van der Waals surface area (Å²) in [7, 11) is 0. The van der Waals surface area contributed by atoms with Crippen molar-refractivity contribution in [1.82, 2.24) is 20.0 Å². The number of aromatic nitrogens is 2. The number of fused-ring (bicyclic) bond motifs is 1. The van der Waals surface area contributed by atoms with Crippen LogP contribution in [-0.2, 0) is 16.3 Å². The SMILES string of the molecule is O=C1CCC(N2C(=O)c3cccc(OCn4cccn4)c3C2=O)C(=O)N1. The van der Waals surface area contributed by atoms with Gasteiger partial charge in [0.05, 0.1) is 11.1 Å². The van der Waals surface area contributed by atoms with Gasteiger partial charge in [-0.3, -0.25) is 29.4 Å². The molecule has 2 aromatic rings. The fourth-order valence-corrected chi connectivity index (χ4v) is 3.12. The molecule has 132 valence electrons. The lowest BCUT2D eigenvalue weighted by Gasteiger charge is -2.27. The molecule has 2 aliphatic rings. The molecule has 26 heavy (non-hydrogen) atoms. The van der Waals surface area contributed by atoms with Crippen LogP contribution in [0.2, 0.25) is 0 Å². The van der Waals surface area contributed by atoms with Crippen molar-refractivity contribution in [2.45, 2.75) is 25.6 Å². The number of nitrogens with one attached hydrogen (secondary N) is 1. The second-order valence-electron chi connectivity index (χ2n) is 5.94. The van der Waals surface area contributed by atoms with E-state index in [1.807, 2.05) is 0 Å². The van der Waals surface area contributed by atoms with E-state index in [-0.39, 0.29) is 36.4 Å². The third-order valence-electron chi connectivity index (χ3n) is 4.34. The Balaban J connectivity index is 1.63. The molecule has 2 aliphatic heterocycles. The molecule has 0 aliphatic carbocycles. The summed E-state index contributed by atoms with van der Waals surface area (Å²) in [5.41, 5.74) is 0.298. The fourth-order valence-electron chi connectivity index (χ4n) is 3.12. The Morgan fingerprint density at radius 2 is 2.00 bits per heavy atom. The van der Waals surface area contributed by atoms with Gasteiger partial charge in [-0.2, -0.15) is 5.10 Å². The highest BCUT2D eigenvalue weighted by Gasteiger charge is 2.45. The Kier molecular flexibility index (Phi) is 3.76. The molecule has 0 radical (unpaired) electrons. The minimum Gasteiger partial charge on any atom is -0.470 e.